The molecule has 0 fully saturated rings. The van der Waals surface area contributed by atoms with Gasteiger partial charge in [-0.3, -0.25) is 4.79 Å². The molecule has 4 rings (SSSR count). The number of carbonyl (C=O) groups excluding carboxylic acids is 1. The van der Waals surface area contributed by atoms with Crippen molar-refractivity contribution in [3.8, 4) is 0 Å². The van der Waals surface area contributed by atoms with Crippen LogP contribution in [0.2, 0.25) is 0 Å². The van der Waals surface area contributed by atoms with E-state index in [1.807, 2.05) is 24.3 Å². The largest absolute Gasteiger partial charge is 0.406 e. The molecular formula is C18H15F3N2O. The van der Waals surface area contributed by atoms with Crippen LogP contribution in [0.15, 0.2) is 48.5 Å². The van der Waals surface area contributed by atoms with Crippen LogP contribution >= 0.6 is 0 Å². The number of hydrogen-bond donors (Lipinski definition) is 1. The van der Waals surface area contributed by atoms with E-state index in [0.717, 1.165) is 16.0 Å². The number of rotatable bonds is 1. The third-order valence-electron chi connectivity index (χ3n) is 4.71. The molecule has 24 heavy (non-hydrogen) atoms. The number of anilines is 1. The Morgan fingerprint density at radius 1 is 1.00 bits per heavy atom. The first-order valence-electron chi connectivity index (χ1n) is 7.71. The molecule has 0 atom stereocenters. The molecule has 1 N–H and O–H groups in total. The van der Waals surface area contributed by atoms with Crippen molar-refractivity contribution >= 4 is 11.6 Å². The summed E-state index contributed by atoms with van der Waals surface area (Å²) < 4.78 is 39.4. The number of nitrogens with one attached hydrogen (secondary N) is 1. The van der Waals surface area contributed by atoms with Gasteiger partial charge in [0.25, 0.3) is 5.91 Å². The lowest BCUT2D eigenvalue weighted by Crippen LogP contribution is -2.62. The molecular weight excluding hydrogens is 317 g/mol. The second kappa shape index (κ2) is 5.00. The number of amides is 1. The maximum atomic E-state index is 13.1. The van der Waals surface area contributed by atoms with Crippen molar-refractivity contribution < 1.29 is 18.0 Å². The van der Waals surface area contributed by atoms with Crippen LogP contribution in [0.5, 0.6) is 0 Å². The Balaban J connectivity index is 1.81. The molecule has 1 aliphatic heterocycles. The molecule has 1 heterocycles. The van der Waals surface area contributed by atoms with Crippen molar-refractivity contribution in [1.29, 1.82) is 0 Å². The fraction of sp³-hybridized carbons (Fsp3) is 0.278. The average Bonchev–Trinajstić information content (AvgIpc) is 2.89. The van der Waals surface area contributed by atoms with Crippen molar-refractivity contribution in [3.05, 3.63) is 65.2 Å². The Morgan fingerprint density at radius 2 is 1.58 bits per heavy atom. The van der Waals surface area contributed by atoms with E-state index in [9.17, 15) is 18.0 Å². The molecule has 6 heteroatoms. The number of nitrogens with zero attached hydrogens (tertiary/aromatic N) is 1. The van der Waals surface area contributed by atoms with E-state index in [1.165, 1.54) is 0 Å². The van der Waals surface area contributed by atoms with Gasteiger partial charge in [0.2, 0.25) is 0 Å². The zero-order valence-corrected chi connectivity index (χ0v) is 12.7. The maximum Gasteiger partial charge on any atom is 0.406 e. The number of hydrogen-bond acceptors (Lipinski definition) is 2. The number of alkyl halides is 3. The summed E-state index contributed by atoms with van der Waals surface area (Å²) in [7, 11) is 0. The van der Waals surface area contributed by atoms with Crippen LogP contribution in [0.1, 0.15) is 21.5 Å². The zero-order chi connectivity index (χ0) is 16.9. The summed E-state index contributed by atoms with van der Waals surface area (Å²) in [6.07, 6.45) is -3.73. The minimum Gasteiger partial charge on any atom is -0.361 e. The van der Waals surface area contributed by atoms with Gasteiger partial charge in [-0.1, -0.05) is 36.4 Å². The Labute approximate surface area is 137 Å². The van der Waals surface area contributed by atoms with Crippen LogP contribution in [0.4, 0.5) is 18.9 Å². The number of fused-ring (bicyclic) bond motifs is 2. The maximum absolute atomic E-state index is 13.1. The zero-order valence-electron chi connectivity index (χ0n) is 12.7. The Hall–Kier alpha value is -2.50. The van der Waals surface area contributed by atoms with E-state index in [2.05, 4.69) is 5.32 Å². The number of carbonyl (C=O) groups is 1. The van der Waals surface area contributed by atoms with E-state index < -0.39 is 24.3 Å². The summed E-state index contributed by atoms with van der Waals surface area (Å²) in [6, 6.07) is 14.3. The molecule has 0 saturated heterocycles. The topological polar surface area (TPSA) is 32.3 Å². The highest BCUT2D eigenvalue weighted by Crippen LogP contribution is 2.41. The second-order valence-electron chi connectivity index (χ2n) is 6.33. The summed E-state index contributed by atoms with van der Waals surface area (Å²) >= 11 is 0. The summed E-state index contributed by atoms with van der Waals surface area (Å²) in [6.45, 7) is -1.26. The quantitative estimate of drug-likeness (QED) is 0.865. The molecule has 1 aliphatic carbocycles. The van der Waals surface area contributed by atoms with Crippen LogP contribution in [0.3, 0.4) is 0 Å². The van der Waals surface area contributed by atoms with Gasteiger partial charge in [0.15, 0.2) is 0 Å². The molecule has 2 aromatic rings. The van der Waals surface area contributed by atoms with Gasteiger partial charge in [0, 0.05) is 18.5 Å². The molecule has 1 amide bonds. The Kier molecular flexibility index (Phi) is 3.13. The monoisotopic (exact) mass is 332 g/mol. The number of benzene rings is 2. The minimum absolute atomic E-state index is 0.281. The first-order chi connectivity index (χ1) is 11.4. The third kappa shape index (κ3) is 2.33. The van der Waals surface area contributed by atoms with Crippen molar-refractivity contribution in [1.82, 2.24) is 4.90 Å². The highest BCUT2D eigenvalue weighted by molar-refractivity contribution is 6.02. The molecule has 0 radical (unpaired) electrons. The molecule has 1 spiro atoms. The summed E-state index contributed by atoms with van der Waals surface area (Å²) in [5.74, 6) is -0.575. The summed E-state index contributed by atoms with van der Waals surface area (Å²) in [5.41, 5.74) is 1.76. The van der Waals surface area contributed by atoms with Crippen molar-refractivity contribution in [2.24, 2.45) is 0 Å². The fourth-order valence-corrected chi connectivity index (χ4v) is 3.71. The van der Waals surface area contributed by atoms with Crippen LogP contribution in [-0.4, -0.2) is 29.2 Å². The van der Waals surface area contributed by atoms with Gasteiger partial charge in [-0.2, -0.15) is 13.2 Å². The number of halogens is 3. The van der Waals surface area contributed by atoms with Gasteiger partial charge in [-0.05, 0) is 23.3 Å². The van der Waals surface area contributed by atoms with Crippen molar-refractivity contribution in [2.75, 3.05) is 11.9 Å². The first kappa shape index (κ1) is 15.1. The van der Waals surface area contributed by atoms with Gasteiger partial charge in [-0.25, -0.2) is 0 Å². The summed E-state index contributed by atoms with van der Waals surface area (Å²) in [4.78, 5) is 13.7. The molecule has 0 aromatic heterocycles. The van der Waals surface area contributed by atoms with E-state index in [0.29, 0.717) is 18.5 Å². The highest BCUT2D eigenvalue weighted by atomic mass is 19.4. The van der Waals surface area contributed by atoms with Crippen molar-refractivity contribution in [3.63, 3.8) is 0 Å². The number of para-hydroxylation sites is 1. The van der Waals surface area contributed by atoms with E-state index in [-0.39, 0.29) is 5.56 Å². The van der Waals surface area contributed by atoms with Crippen molar-refractivity contribution in [2.45, 2.75) is 24.7 Å². The average molecular weight is 332 g/mol. The fourth-order valence-electron chi connectivity index (χ4n) is 3.71. The van der Waals surface area contributed by atoms with Crippen LogP contribution < -0.4 is 5.32 Å². The lowest BCUT2D eigenvalue weighted by atomic mass is 9.96. The van der Waals surface area contributed by atoms with E-state index in [4.69, 9.17) is 0 Å². The SMILES string of the molecule is O=C1c2ccccc2NC2(Cc3ccccc3C2)N1CC(F)(F)F. The van der Waals surface area contributed by atoms with Gasteiger partial charge >= 0.3 is 6.18 Å². The molecule has 2 aromatic carbocycles. The molecule has 2 aliphatic rings. The molecule has 0 bridgehead atoms. The third-order valence-corrected chi connectivity index (χ3v) is 4.71. The predicted molar refractivity (Wildman–Crippen MR) is 83.7 cm³/mol. The standard InChI is InChI=1S/C18H15F3N2O/c19-18(20,21)11-23-16(24)14-7-3-4-8-15(14)22-17(23)9-12-5-1-2-6-13(12)10-17/h1-8,22H,9-11H2. The Morgan fingerprint density at radius 3 is 2.21 bits per heavy atom. The van der Waals surface area contributed by atoms with Gasteiger partial charge < -0.3 is 10.2 Å². The van der Waals surface area contributed by atoms with Crippen LogP contribution in [0.25, 0.3) is 0 Å². The lowest BCUT2D eigenvalue weighted by molar-refractivity contribution is -0.150. The highest BCUT2D eigenvalue weighted by Gasteiger charge is 2.51. The van der Waals surface area contributed by atoms with Gasteiger partial charge in [-0.15, -0.1) is 0 Å². The molecule has 0 saturated carbocycles. The van der Waals surface area contributed by atoms with Gasteiger partial charge in [0.05, 0.1) is 5.56 Å². The smallest absolute Gasteiger partial charge is 0.361 e. The molecule has 0 unspecified atom stereocenters. The van der Waals surface area contributed by atoms with Gasteiger partial charge in [0.1, 0.15) is 12.2 Å². The second-order valence-corrected chi connectivity index (χ2v) is 6.33. The van der Waals surface area contributed by atoms with E-state index in [1.54, 1.807) is 24.3 Å². The normalized spacial score (nSPS) is 18.3. The Bertz CT molecular complexity index is 791. The van der Waals surface area contributed by atoms with E-state index >= 15 is 0 Å². The molecule has 3 nitrogen and oxygen atoms in total. The molecule has 124 valence electrons. The predicted octanol–water partition coefficient (Wildman–Crippen LogP) is 3.61. The van der Waals surface area contributed by atoms with Crippen LogP contribution in [-0.2, 0) is 12.8 Å². The minimum atomic E-state index is -4.45. The lowest BCUT2D eigenvalue weighted by Gasteiger charge is -2.46. The first-order valence-corrected chi connectivity index (χ1v) is 7.71. The summed E-state index contributed by atoms with van der Waals surface area (Å²) in [5, 5.41) is 3.23. The van der Waals surface area contributed by atoms with Crippen LogP contribution in [0, 0.1) is 0 Å².